The summed E-state index contributed by atoms with van der Waals surface area (Å²) < 4.78 is 5.59. The first-order valence-corrected chi connectivity index (χ1v) is 6.30. The van der Waals surface area contributed by atoms with Crippen LogP contribution in [0.15, 0.2) is 36.4 Å². The second-order valence-electron chi connectivity index (χ2n) is 4.51. The van der Waals surface area contributed by atoms with Crippen LogP contribution in [0, 0.1) is 11.3 Å². The third kappa shape index (κ3) is 1.92. The molecule has 0 aromatic heterocycles. The molecule has 0 aliphatic carbocycles. The molecule has 19 heavy (non-hydrogen) atoms. The fraction of sp³-hybridized carbons (Fsp3) is 0.188. The molecule has 0 saturated carbocycles. The molecule has 94 valence electrons. The highest BCUT2D eigenvalue weighted by Crippen LogP contribution is 2.34. The van der Waals surface area contributed by atoms with E-state index < -0.39 is 0 Å². The molecule has 2 aromatic rings. The van der Waals surface area contributed by atoms with Crippen molar-refractivity contribution in [3.05, 3.63) is 47.5 Å². The zero-order valence-electron chi connectivity index (χ0n) is 10.7. The van der Waals surface area contributed by atoms with Gasteiger partial charge in [0.2, 0.25) is 0 Å². The molecule has 3 heteroatoms. The summed E-state index contributed by atoms with van der Waals surface area (Å²) in [5.41, 5.74) is 4.72. The first kappa shape index (κ1) is 11.6. The summed E-state index contributed by atoms with van der Waals surface area (Å²) in [7, 11) is 1.83. The van der Waals surface area contributed by atoms with Crippen LogP contribution in [0.4, 0.5) is 5.69 Å². The average Bonchev–Trinajstić information content (AvgIpc) is 2.93. The van der Waals surface area contributed by atoms with Crippen molar-refractivity contribution in [2.24, 2.45) is 0 Å². The Morgan fingerprint density at radius 1 is 1.26 bits per heavy atom. The molecule has 1 aliphatic rings. The van der Waals surface area contributed by atoms with Crippen molar-refractivity contribution in [2.75, 3.05) is 19.0 Å². The topological polar surface area (TPSA) is 45.0 Å². The van der Waals surface area contributed by atoms with Gasteiger partial charge in [-0.05, 0) is 23.3 Å². The predicted octanol–water partition coefficient (Wildman–Crippen LogP) is 3.20. The van der Waals surface area contributed by atoms with E-state index >= 15 is 0 Å². The Balaban J connectivity index is 2.15. The number of ether oxygens (including phenoxy) is 1. The monoisotopic (exact) mass is 250 g/mol. The summed E-state index contributed by atoms with van der Waals surface area (Å²) >= 11 is 0. The van der Waals surface area contributed by atoms with Gasteiger partial charge in [0.05, 0.1) is 17.9 Å². The maximum atomic E-state index is 9.36. The molecule has 0 spiro atoms. The van der Waals surface area contributed by atoms with Crippen LogP contribution < -0.4 is 10.1 Å². The highest BCUT2D eigenvalue weighted by Gasteiger charge is 2.15. The largest absolute Gasteiger partial charge is 0.493 e. The maximum Gasteiger partial charge on any atom is 0.123 e. The molecule has 0 amide bonds. The summed E-state index contributed by atoms with van der Waals surface area (Å²) in [6.07, 6.45) is 0.970. The van der Waals surface area contributed by atoms with Gasteiger partial charge in [-0.15, -0.1) is 0 Å². The first-order valence-electron chi connectivity index (χ1n) is 6.30. The molecular weight excluding hydrogens is 236 g/mol. The van der Waals surface area contributed by atoms with Gasteiger partial charge in [0, 0.05) is 19.0 Å². The molecular formula is C16H14N2O. The summed E-state index contributed by atoms with van der Waals surface area (Å²) in [5, 5.41) is 12.4. The second-order valence-corrected chi connectivity index (χ2v) is 4.51. The van der Waals surface area contributed by atoms with Crippen molar-refractivity contribution in [1.82, 2.24) is 0 Å². The SMILES string of the molecule is CNc1cccc(-c2ccc3c(c2)OCC3)c1C#N. The highest BCUT2D eigenvalue weighted by molar-refractivity contribution is 5.78. The van der Waals surface area contributed by atoms with Crippen LogP contribution in [0.3, 0.4) is 0 Å². The Morgan fingerprint density at radius 2 is 2.16 bits per heavy atom. The Bertz CT molecular complexity index is 671. The summed E-state index contributed by atoms with van der Waals surface area (Å²) in [6.45, 7) is 0.750. The number of nitrogens with one attached hydrogen (secondary N) is 1. The molecule has 0 saturated heterocycles. The van der Waals surface area contributed by atoms with Crippen LogP contribution in [0.25, 0.3) is 11.1 Å². The fourth-order valence-corrected chi connectivity index (χ4v) is 2.46. The molecule has 3 nitrogen and oxygen atoms in total. The first-order chi connectivity index (χ1) is 9.33. The van der Waals surface area contributed by atoms with Gasteiger partial charge in [0.1, 0.15) is 11.8 Å². The van der Waals surface area contributed by atoms with Gasteiger partial charge in [-0.3, -0.25) is 0 Å². The van der Waals surface area contributed by atoms with Crippen molar-refractivity contribution in [3.8, 4) is 22.9 Å². The van der Waals surface area contributed by atoms with E-state index in [1.165, 1.54) is 5.56 Å². The summed E-state index contributed by atoms with van der Waals surface area (Å²) in [5.74, 6) is 0.941. The molecule has 0 radical (unpaired) electrons. The van der Waals surface area contributed by atoms with Crippen molar-refractivity contribution in [2.45, 2.75) is 6.42 Å². The zero-order chi connectivity index (χ0) is 13.2. The fourth-order valence-electron chi connectivity index (χ4n) is 2.46. The number of nitriles is 1. The van der Waals surface area contributed by atoms with Crippen molar-refractivity contribution < 1.29 is 4.74 Å². The molecule has 0 bridgehead atoms. The second kappa shape index (κ2) is 4.66. The number of hydrogen-bond donors (Lipinski definition) is 1. The lowest BCUT2D eigenvalue weighted by molar-refractivity contribution is 0.357. The van der Waals surface area contributed by atoms with Crippen molar-refractivity contribution in [3.63, 3.8) is 0 Å². The smallest absolute Gasteiger partial charge is 0.123 e. The lowest BCUT2D eigenvalue weighted by Gasteiger charge is -2.10. The quantitative estimate of drug-likeness (QED) is 0.890. The molecule has 3 rings (SSSR count). The highest BCUT2D eigenvalue weighted by atomic mass is 16.5. The third-order valence-electron chi connectivity index (χ3n) is 3.45. The van der Waals surface area contributed by atoms with Gasteiger partial charge in [0.25, 0.3) is 0 Å². The molecule has 1 aliphatic heterocycles. The Hall–Kier alpha value is -2.47. The van der Waals surface area contributed by atoms with Crippen LogP contribution in [0.2, 0.25) is 0 Å². The van der Waals surface area contributed by atoms with Crippen molar-refractivity contribution >= 4 is 5.69 Å². The predicted molar refractivity (Wildman–Crippen MR) is 75.3 cm³/mol. The number of rotatable bonds is 2. The van der Waals surface area contributed by atoms with Crippen LogP contribution in [-0.2, 0) is 6.42 Å². The van der Waals surface area contributed by atoms with Crippen LogP contribution in [0.5, 0.6) is 5.75 Å². The minimum absolute atomic E-state index is 0.669. The molecule has 0 fully saturated rings. The number of fused-ring (bicyclic) bond motifs is 1. The normalized spacial score (nSPS) is 12.4. The third-order valence-corrected chi connectivity index (χ3v) is 3.45. The minimum Gasteiger partial charge on any atom is -0.493 e. The van der Waals surface area contributed by atoms with E-state index in [0.717, 1.165) is 35.6 Å². The van der Waals surface area contributed by atoms with Gasteiger partial charge < -0.3 is 10.1 Å². The molecule has 1 heterocycles. The van der Waals surface area contributed by atoms with E-state index in [2.05, 4.69) is 23.5 Å². The van der Waals surface area contributed by atoms with Gasteiger partial charge >= 0.3 is 0 Å². The van der Waals surface area contributed by atoms with E-state index in [9.17, 15) is 5.26 Å². The number of nitrogens with zero attached hydrogens (tertiary/aromatic N) is 1. The van der Waals surface area contributed by atoms with Crippen LogP contribution >= 0.6 is 0 Å². The van der Waals surface area contributed by atoms with Crippen LogP contribution in [0.1, 0.15) is 11.1 Å². The van der Waals surface area contributed by atoms with Crippen molar-refractivity contribution in [1.29, 1.82) is 5.26 Å². The van der Waals surface area contributed by atoms with E-state index in [1.54, 1.807) is 0 Å². The lowest BCUT2D eigenvalue weighted by Crippen LogP contribution is -1.94. The molecule has 1 N–H and O–H groups in total. The molecule has 0 unspecified atom stereocenters. The van der Waals surface area contributed by atoms with Gasteiger partial charge in [0.15, 0.2) is 0 Å². The summed E-state index contributed by atoms with van der Waals surface area (Å²) in [4.78, 5) is 0. The van der Waals surface area contributed by atoms with E-state index in [4.69, 9.17) is 4.74 Å². The summed E-state index contributed by atoms with van der Waals surface area (Å²) in [6, 6.07) is 14.3. The van der Waals surface area contributed by atoms with Gasteiger partial charge in [-0.1, -0.05) is 24.3 Å². The Labute approximate surface area is 112 Å². The maximum absolute atomic E-state index is 9.36. The van der Waals surface area contributed by atoms with Gasteiger partial charge in [-0.2, -0.15) is 5.26 Å². The Morgan fingerprint density at radius 3 is 2.95 bits per heavy atom. The molecule has 2 aromatic carbocycles. The van der Waals surface area contributed by atoms with E-state index in [-0.39, 0.29) is 0 Å². The number of hydrogen-bond acceptors (Lipinski definition) is 3. The van der Waals surface area contributed by atoms with Crippen LogP contribution in [-0.4, -0.2) is 13.7 Å². The van der Waals surface area contributed by atoms with Gasteiger partial charge in [-0.25, -0.2) is 0 Å². The Kier molecular flexibility index (Phi) is 2.85. The number of anilines is 1. The average molecular weight is 250 g/mol. The standard InChI is InChI=1S/C16H14N2O/c1-18-15-4-2-3-13(14(15)10-17)12-6-5-11-7-8-19-16(11)9-12/h2-6,9,18H,7-8H2,1H3. The van der Waals surface area contributed by atoms with E-state index in [1.807, 2.05) is 31.3 Å². The minimum atomic E-state index is 0.669. The molecule has 0 atom stereocenters. The van der Waals surface area contributed by atoms with E-state index in [0.29, 0.717) is 5.56 Å². The zero-order valence-corrected chi connectivity index (χ0v) is 10.7. The lowest BCUT2D eigenvalue weighted by atomic mass is 9.97. The number of benzene rings is 2.